The van der Waals surface area contributed by atoms with Crippen molar-refractivity contribution in [3.8, 4) is 0 Å². The lowest BCUT2D eigenvalue weighted by molar-refractivity contribution is -0.139. The standard InChI is InChI=1S/C14H16BrNO2S/c15-7-10-8-18-6-5-16(10)14(17)12-9-19-13-4-2-1-3-11(12)13/h1-4,10,12H,5-9H2. The Bertz CT molecular complexity index is 482. The van der Waals surface area contributed by atoms with Gasteiger partial charge in [-0.25, -0.2) is 0 Å². The van der Waals surface area contributed by atoms with E-state index in [1.165, 1.54) is 10.5 Å². The number of ether oxygens (including phenoxy) is 1. The topological polar surface area (TPSA) is 29.5 Å². The Kier molecular flexibility index (Phi) is 4.15. The summed E-state index contributed by atoms with van der Waals surface area (Å²) in [5.41, 5.74) is 1.19. The van der Waals surface area contributed by atoms with E-state index in [1.807, 2.05) is 17.0 Å². The summed E-state index contributed by atoms with van der Waals surface area (Å²) in [6.07, 6.45) is 0. The molecular formula is C14H16BrNO2S. The fraction of sp³-hybridized carbons (Fsp3) is 0.500. The summed E-state index contributed by atoms with van der Waals surface area (Å²) in [4.78, 5) is 16.0. The number of carbonyl (C=O) groups is 1. The number of benzene rings is 1. The maximum absolute atomic E-state index is 12.8. The minimum absolute atomic E-state index is 0.0147. The van der Waals surface area contributed by atoms with E-state index in [0.717, 1.165) is 11.1 Å². The molecule has 2 heterocycles. The van der Waals surface area contributed by atoms with Crippen LogP contribution in [0.25, 0.3) is 0 Å². The second-order valence-corrected chi connectivity index (χ2v) is 6.53. The Labute approximate surface area is 125 Å². The van der Waals surface area contributed by atoms with Crippen LogP contribution in [0, 0.1) is 0 Å². The molecule has 2 aliphatic heterocycles. The van der Waals surface area contributed by atoms with E-state index in [4.69, 9.17) is 4.74 Å². The van der Waals surface area contributed by atoms with Crippen molar-refractivity contribution in [2.24, 2.45) is 0 Å². The van der Waals surface area contributed by atoms with Gasteiger partial charge in [0.05, 0.1) is 25.2 Å². The van der Waals surface area contributed by atoms with Crippen molar-refractivity contribution in [3.63, 3.8) is 0 Å². The van der Waals surface area contributed by atoms with Crippen molar-refractivity contribution < 1.29 is 9.53 Å². The van der Waals surface area contributed by atoms with Gasteiger partial charge < -0.3 is 9.64 Å². The summed E-state index contributed by atoms with van der Waals surface area (Å²) >= 11 is 5.27. The number of hydrogen-bond donors (Lipinski definition) is 0. The molecule has 102 valence electrons. The predicted octanol–water partition coefficient (Wildman–Crippen LogP) is 2.50. The van der Waals surface area contributed by atoms with E-state index in [9.17, 15) is 4.79 Å². The van der Waals surface area contributed by atoms with Crippen molar-refractivity contribution in [2.45, 2.75) is 16.9 Å². The third-order valence-corrected chi connectivity index (χ3v) is 5.62. The second kappa shape index (κ2) is 5.85. The Balaban J connectivity index is 1.81. The first-order chi connectivity index (χ1) is 9.31. The van der Waals surface area contributed by atoms with Gasteiger partial charge in [-0.2, -0.15) is 0 Å². The third-order valence-electron chi connectivity index (χ3n) is 3.69. The molecule has 19 heavy (non-hydrogen) atoms. The molecule has 0 aromatic heterocycles. The van der Waals surface area contributed by atoms with Crippen molar-refractivity contribution in [3.05, 3.63) is 29.8 Å². The van der Waals surface area contributed by atoms with Crippen molar-refractivity contribution in [1.29, 1.82) is 0 Å². The Morgan fingerprint density at radius 3 is 3.16 bits per heavy atom. The van der Waals surface area contributed by atoms with Crippen LogP contribution < -0.4 is 0 Å². The van der Waals surface area contributed by atoms with Gasteiger partial charge in [-0.1, -0.05) is 34.1 Å². The van der Waals surface area contributed by atoms with Gasteiger partial charge in [0.2, 0.25) is 5.91 Å². The van der Waals surface area contributed by atoms with Crippen molar-refractivity contribution >= 4 is 33.6 Å². The zero-order chi connectivity index (χ0) is 13.2. The molecule has 0 saturated carbocycles. The molecule has 0 aliphatic carbocycles. The number of rotatable bonds is 2. The minimum Gasteiger partial charge on any atom is -0.377 e. The summed E-state index contributed by atoms with van der Waals surface area (Å²) < 4.78 is 5.46. The van der Waals surface area contributed by atoms with E-state index in [2.05, 4.69) is 28.1 Å². The highest BCUT2D eigenvalue weighted by Crippen LogP contribution is 2.40. The third kappa shape index (κ3) is 2.56. The number of alkyl halides is 1. The van der Waals surface area contributed by atoms with Crippen LogP contribution in [0.15, 0.2) is 29.2 Å². The highest BCUT2D eigenvalue weighted by atomic mass is 79.9. The molecule has 5 heteroatoms. The number of amides is 1. The maximum atomic E-state index is 12.8. The fourth-order valence-corrected chi connectivity index (χ4v) is 4.40. The van der Waals surface area contributed by atoms with Crippen LogP contribution in [-0.2, 0) is 9.53 Å². The van der Waals surface area contributed by atoms with Crippen molar-refractivity contribution in [2.75, 3.05) is 30.8 Å². The number of carbonyl (C=O) groups excluding carboxylic acids is 1. The van der Waals surface area contributed by atoms with Crippen LogP contribution in [0.2, 0.25) is 0 Å². The first kappa shape index (κ1) is 13.5. The monoisotopic (exact) mass is 341 g/mol. The van der Waals surface area contributed by atoms with Crippen LogP contribution >= 0.6 is 27.7 Å². The molecule has 1 amide bonds. The summed E-state index contributed by atoms with van der Waals surface area (Å²) in [6.45, 7) is 1.99. The fourth-order valence-electron chi connectivity index (χ4n) is 2.64. The van der Waals surface area contributed by atoms with E-state index in [-0.39, 0.29) is 17.9 Å². The molecule has 1 aromatic rings. The quantitative estimate of drug-likeness (QED) is 0.774. The highest BCUT2D eigenvalue weighted by Gasteiger charge is 2.35. The van der Waals surface area contributed by atoms with E-state index < -0.39 is 0 Å². The highest BCUT2D eigenvalue weighted by molar-refractivity contribution is 9.09. The van der Waals surface area contributed by atoms with Gasteiger partial charge >= 0.3 is 0 Å². The zero-order valence-corrected chi connectivity index (χ0v) is 13.0. The van der Waals surface area contributed by atoms with Crippen molar-refractivity contribution in [1.82, 2.24) is 4.90 Å². The normalized spacial score (nSPS) is 26.3. The summed E-state index contributed by atoms with van der Waals surface area (Å²) in [6, 6.07) is 8.41. The Morgan fingerprint density at radius 1 is 1.47 bits per heavy atom. The molecule has 2 unspecified atom stereocenters. The summed E-state index contributed by atoms with van der Waals surface area (Å²) in [7, 11) is 0. The summed E-state index contributed by atoms with van der Waals surface area (Å²) in [5.74, 6) is 1.14. The lowest BCUT2D eigenvalue weighted by Gasteiger charge is -2.36. The molecule has 0 spiro atoms. The molecule has 1 saturated heterocycles. The Hall–Kier alpha value is -0.520. The second-order valence-electron chi connectivity index (χ2n) is 4.82. The molecule has 3 nitrogen and oxygen atoms in total. The molecule has 0 bridgehead atoms. The molecule has 1 aromatic carbocycles. The van der Waals surface area contributed by atoms with Gasteiger partial charge in [0.1, 0.15) is 0 Å². The SMILES string of the molecule is O=C(C1CSc2ccccc21)N1CCOCC1CBr. The van der Waals surface area contributed by atoms with Crippen LogP contribution in [0.1, 0.15) is 11.5 Å². The average Bonchev–Trinajstić information content (AvgIpc) is 2.90. The first-order valence-electron chi connectivity index (χ1n) is 6.47. The van der Waals surface area contributed by atoms with E-state index in [0.29, 0.717) is 19.8 Å². The number of hydrogen-bond acceptors (Lipinski definition) is 3. The summed E-state index contributed by atoms with van der Waals surface area (Å²) in [5, 5.41) is 0.778. The molecular weight excluding hydrogens is 326 g/mol. The molecule has 0 radical (unpaired) electrons. The molecule has 2 atom stereocenters. The predicted molar refractivity (Wildman–Crippen MR) is 80.0 cm³/mol. The Morgan fingerprint density at radius 2 is 2.32 bits per heavy atom. The minimum atomic E-state index is 0.0147. The first-order valence-corrected chi connectivity index (χ1v) is 8.58. The van der Waals surface area contributed by atoms with E-state index >= 15 is 0 Å². The smallest absolute Gasteiger partial charge is 0.231 e. The van der Waals surface area contributed by atoms with E-state index in [1.54, 1.807) is 11.8 Å². The molecule has 0 N–H and O–H groups in total. The zero-order valence-electron chi connectivity index (χ0n) is 10.5. The average molecular weight is 342 g/mol. The van der Waals surface area contributed by atoms with Crippen LogP contribution in [0.5, 0.6) is 0 Å². The van der Waals surface area contributed by atoms with Gasteiger partial charge in [-0.05, 0) is 11.6 Å². The lowest BCUT2D eigenvalue weighted by Crippen LogP contribution is -2.51. The van der Waals surface area contributed by atoms with Gasteiger partial charge in [-0.15, -0.1) is 11.8 Å². The number of thioether (sulfide) groups is 1. The molecule has 3 rings (SSSR count). The van der Waals surface area contributed by atoms with Gasteiger partial charge in [-0.3, -0.25) is 4.79 Å². The molecule has 2 aliphatic rings. The van der Waals surface area contributed by atoms with Gasteiger partial charge in [0.15, 0.2) is 0 Å². The maximum Gasteiger partial charge on any atom is 0.231 e. The van der Waals surface area contributed by atoms with Crippen LogP contribution in [0.3, 0.4) is 0 Å². The number of halogens is 1. The van der Waals surface area contributed by atoms with Crippen LogP contribution in [-0.4, -0.2) is 47.7 Å². The molecule has 1 fully saturated rings. The van der Waals surface area contributed by atoms with Crippen LogP contribution in [0.4, 0.5) is 0 Å². The van der Waals surface area contributed by atoms with Gasteiger partial charge in [0.25, 0.3) is 0 Å². The largest absolute Gasteiger partial charge is 0.377 e. The lowest BCUT2D eigenvalue weighted by atomic mass is 9.99. The number of nitrogens with zero attached hydrogens (tertiary/aromatic N) is 1. The van der Waals surface area contributed by atoms with Gasteiger partial charge in [0, 0.05) is 22.5 Å². The number of morpholine rings is 1. The number of fused-ring (bicyclic) bond motifs is 1.